The lowest BCUT2D eigenvalue weighted by Crippen LogP contribution is -2.33. The predicted molar refractivity (Wildman–Crippen MR) is 62.9 cm³/mol. The van der Waals surface area contributed by atoms with E-state index in [2.05, 4.69) is 9.46 Å². The van der Waals surface area contributed by atoms with Crippen LogP contribution >= 0.6 is 0 Å². The molecule has 0 fully saturated rings. The van der Waals surface area contributed by atoms with Gasteiger partial charge in [0.15, 0.2) is 0 Å². The smallest absolute Gasteiger partial charge is 0.306 e. The van der Waals surface area contributed by atoms with E-state index in [1.54, 1.807) is 20.8 Å². The molecule has 0 aliphatic carbocycles. The molecule has 0 saturated heterocycles. The standard InChI is InChI=1S/C10H19NO5S/c1-4-16-10(13)5-6-17(14,15)11-7-9(12)8(2)3/h8,11H,4-7H2,1-3H3. The number of ketones is 1. The lowest BCUT2D eigenvalue weighted by molar-refractivity contribution is -0.142. The number of carbonyl (C=O) groups is 2. The Balaban J connectivity index is 4.05. The molecular weight excluding hydrogens is 246 g/mol. The third-order valence-electron chi connectivity index (χ3n) is 1.99. The van der Waals surface area contributed by atoms with Crippen molar-refractivity contribution in [3.63, 3.8) is 0 Å². The van der Waals surface area contributed by atoms with E-state index in [1.807, 2.05) is 0 Å². The van der Waals surface area contributed by atoms with Gasteiger partial charge in [0.2, 0.25) is 10.0 Å². The molecule has 0 rings (SSSR count). The summed E-state index contributed by atoms with van der Waals surface area (Å²) in [5.74, 6) is -1.34. The van der Waals surface area contributed by atoms with Crippen LogP contribution in [0.15, 0.2) is 0 Å². The zero-order valence-electron chi connectivity index (χ0n) is 10.4. The first-order valence-corrected chi connectivity index (χ1v) is 7.09. The second-order valence-electron chi connectivity index (χ2n) is 3.82. The summed E-state index contributed by atoms with van der Waals surface area (Å²) in [7, 11) is -3.60. The molecule has 0 aliphatic heterocycles. The van der Waals surface area contributed by atoms with Crippen molar-refractivity contribution >= 4 is 21.8 Å². The fourth-order valence-electron chi connectivity index (χ4n) is 0.908. The molecule has 17 heavy (non-hydrogen) atoms. The summed E-state index contributed by atoms with van der Waals surface area (Å²) in [4.78, 5) is 22.2. The van der Waals surface area contributed by atoms with Gasteiger partial charge in [-0.25, -0.2) is 13.1 Å². The van der Waals surface area contributed by atoms with E-state index in [0.29, 0.717) is 0 Å². The number of hydrogen-bond donors (Lipinski definition) is 1. The number of rotatable bonds is 8. The van der Waals surface area contributed by atoms with Gasteiger partial charge in [0, 0.05) is 5.92 Å². The van der Waals surface area contributed by atoms with Crippen LogP contribution in [0.3, 0.4) is 0 Å². The maximum absolute atomic E-state index is 11.4. The Bertz CT molecular complexity index is 361. The van der Waals surface area contributed by atoms with E-state index in [9.17, 15) is 18.0 Å². The van der Waals surface area contributed by atoms with Crippen LogP contribution in [0.5, 0.6) is 0 Å². The van der Waals surface area contributed by atoms with Gasteiger partial charge in [0.1, 0.15) is 5.78 Å². The molecule has 0 unspecified atom stereocenters. The summed E-state index contributed by atoms with van der Waals surface area (Å²) in [6.45, 7) is 5.01. The molecule has 6 nitrogen and oxygen atoms in total. The van der Waals surface area contributed by atoms with Crippen LogP contribution in [0, 0.1) is 5.92 Å². The summed E-state index contributed by atoms with van der Waals surface area (Å²) in [6, 6.07) is 0. The van der Waals surface area contributed by atoms with Crippen molar-refractivity contribution in [1.82, 2.24) is 4.72 Å². The molecule has 0 saturated carbocycles. The van der Waals surface area contributed by atoms with E-state index in [4.69, 9.17) is 0 Å². The molecular formula is C10H19NO5S. The fourth-order valence-corrected chi connectivity index (χ4v) is 1.85. The minimum atomic E-state index is -3.60. The van der Waals surface area contributed by atoms with E-state index < -0.39 is 16.0 Å². The van der Waals surface area contributed by atoms with Gasteiger partial charge < -0.3 is 4.74 Å². The first-order chi connectivity index (χ1) is 7.78. The maximum Gasteiger partial charge on any atom is 0.306 e. The fraction of sp³-hybridized carbons (Fsp3) is 0.800. The SMILES string of the molecule is CCOC(=O)CCS(=O)(=O)NCC(=O)C(C)C. The van der Waals surface area contributed by atoms with Crippen LogP contribution in [0.4, 0.5) is 0 Å². The molecule has 0 spiro atoms. The topological polar surface area (TPSA) is 89.5 Å². The number of sulfonamides is 1. The maximum atomic E-state index is 11.4. The van der Waals surface area contributed by atoms with Crippen molar-refractivity contribution in [2.24, 2.45) is 5.92 Å². The van der Waals surface area contributed by atoms with Crippen LogP contribution in [-0.4, -0.2) is 39.1 Å². The van der Waals surface area contributed by atoms with Gasteiger partial charge in [0.25, 0.3) is 0 Å². The highest BCUT2D eigenvalue weighted by Gasteiger charge is 2.16. The Labute approximate surface area is 102 Å². The third kappa shape index (κ3) is 7.87. The van der Waals surface area contributed by atoms with Crippen LogP contribution in [0.2, 0.25) is 0 Å². The number of Topliss-reactive ketones (excluding diaryl/α,β-unsaturated/α-hetero) is 1. The Morgan fingerprint density at radius 1 is 1.29 bits per heavy atom. The first kappa shape index (κ1) is 16.1. The van der Waals surface area contributed by atoms with Crippen LogP contribution < -0.4 is 4.72 Å². The second-order valence-corrected chi connectivity index (χ2v) is 5.74. The van der Waals surface area contributed by atoms with Crippen molar-refractivity contribution < 1.29 is 22.7 Å². The van der Waals surface area contributed by atoms with Gasteiger partial charge in [-0.3, -0.25) is 9.59 Å². The van der Waals surface area contributed by atoms with Gasteiger partial charge in [-0.2, -0.15) is 0 Å². The highest BCUT2D eigenvalue weighted by atomic mass is 32.2. The first-order valence-electron chi connectivity index (χ1n) is 5.44. The van der Waals surface area contributed by atoms with Crippen LogP contribution in [-0.2, 0) is 24.3 Å². The molecule has 7 heteroatoms. The van der Waals surface area contributed by atoms with Gasteiger partial charge in [-0.15, -0.1) is 0 Å². The molecule has 0 amide bonds. The normalized spacial score (nSPS) is 11.5. The Kier molecular flexibility index (Phi) is 6.98. The van der Waals surface area contributed by atoms with E-state index in [-0.39, 0.29) is 37.0 Å². The van der Waals surface area contributed by atoms with Gasteiger partial charge in [0.05, 0.1) is 25.3 Å². The van der Waals surface area contributed by atoms with Crippen molar-refractivity contribution in [3.8, 4) is 0 Å². The zero-order valence-corrected chi connectivity index (χ0v) is 11.2. The summed E-state index contributed by atoms with van der Waals surface area (Å²) < 4.78 is 29.5. The highest BCUT2D eigenvalue weighted by molar-refractivity contribution is 7.89. The molecule has 100 valence electrons. The number of ether oxygens (including phenoxy) is 1. The monoisotopic (exact) mass is 265 g/mol. The largest absolute Gasteiger partial charge is 0.466 e. The molecule has 0 aliphatic rings. The van der Waals surface area contributed by atoms with Crippen LogP contribution in [0.25, 0.3) is 0 Å². The highest BCUT2D eigenvalue weighted by Crippen LogP contribution is 1.96. The van der Waals surface area contributed by atoms with Crippen molar-refractivity contribution in [2.45, 2.75) is 27.2 Å². The molecule has 1 N–H and O–H groups in total. The van der Waals surface area contributed by atoms with Crippen molar-refractivity contribution in [2.75, 3.05) is 18.9 Å². The minimum Gasteiger partial charge on any atom is -0.466 e. The van der Waals surface area contributed by atoms with Crippen molar-refractivity contribution in [1.29, 1.82) is 0 Å². The average Bonchev–Trinajstić information content (AvgIpc) is 2.24. The minimum absolute atomic E-state index is 0.190. The molecule has 0 atom stereocenters. The predicted octanol–water partition coefficient (Wildman–Crippen LogP) is 0.0841. The Morgan fingerprint density at radius 3 is 2.35 bits per heavy atom. The van der Waals surface area contributed by atoms with E-state index >= 15 is 0 Å². The van der Waals surface area contributed by atoms with E-state index in [0.717, 1.165) is 0 Å². The Morgan fingerprint density at radius 2 is 1.88 bits per heavy atom. The summed E-state index contributed by atoms with van der Waals surface area (Å²) in [5.41, 5.74) is 0. The number of carbonyl (C=O) groups excluding carboxylic acids is 2. The molecule has 0 heterocycles. The lowest BCUT2D eigenvalue weighted by Gasteiger charge is -2.07. The van der Waals surface area contributed by atoms with Gasteiger partial charge in [-0.05, 0) is 6.92 Å². The number of nitrogens with one attached hydrogen (secondary N) is 1. The van der Waals surface area contributed by atoms with Crippen LogP contribution in [0.1, 0.15) is 27.2 Å². The van der Waals surface area contributed by atoms with E-state index in [1.165, 1.54) is 0 Å². The average molecular weight is 265 g/mol. The summed E-state index contributed by atoms with van der Waals surface area (Å²) >= 11 is 0. The zero-order chi connectivity index (χ0) is 13.5. The second kappa shape index (κ2) is 7.39. The third-order valence-corrected chi connectivity index (χ3v) is 3.32. The van der Waals surface area contributed by atoms with Crippen molar-refractivity contribution in [3.05, 3.63) is 0 Å². The van der Waals surface area contributed by atoms with Gasteiger partial charge in [-0.1, -0.05) is 13.8 Å². The van der Waals surface area contributed by atoms with Gasteiger partial charge >= 0.3 is 5.97 Å². The summed E-state index contributed by atoms with van der Waals surface area (Å²) in [6.07, 6.45) is -0.209. The number of esters is 1. The molecule has 0 bridgehead atoms. The quantitative estimate of drug-likeness (QED) is 0.628. The molecule has 0 aromatic rings. The Hall–Kier alpha value is -0.950. The summed E-state index contributed by atoms with van der Waals surface area (Å²) in [5, 5.41) is 0. The molecule has 0 radical (unpaired) electrons. The lowest BCUT2D eigenvalue weighted by atomic mass is 10.1. The molecule has 0 aromatic carbocycles. The molecule has 0 aromatic heterocycles. The number of hydrogen-bond acceptors (Lipinski definition) is 5.